The number of urea groups is 1. The molecule has 2 rings (SSSR count). The van der Waals surface area contributed by atoms with Gasteiger partial charge >= 0.3 is 12.6 Å². The minimum absolute atomic E-state index is 0.0632. The summed E-state index contributed by atoms with van der Waals surface area (Å²) in [4.78, 5) is 14.0. The molecule has 0 unspecified atom stereocenters. The number of alkyl halides is 2. The largest absolute Gasteiger partial charge is 0.432 e. The number of carbonyl (C=O) groups excluding carboxylic acids is 1. The number of hydrogen-bond acceptors (Lipinski definition) is 3. The summed E-state index contributed by atoms with van der Waals surface area (Å²) in [5.74, 6) is -3.18. The summed E-state index contributed by atoms with van der Waals surface area (Å²) in [5, 5.41) is 4.87. The van der Waals surface area contributed by atoms with Crippen LogP contribution in [-0.4, -0.2) is 43.7 Å². The van der Waals surface area contributed by atoms with Crippen LogP contribution in [0.15, 0.2) is 12.1 Å². The molecule has 1 aromatic rings. The molecule has 2 N–H and O–H groups in total. The molecule has 0 saturated heterocycles. The van der Waals surface area contributed by atoms with Gasteiger partial charge in [0, 0.05) is 24.2 Å². The Morgan fingerprint density at radius 1 is 1.25 bits per heavy atom. The van der Waals surface area contributed by atoms with Crippen LogP contribution in [0.1, 0.15) is 19.3 Å². The molecule has 1 aromatic carbocycles. The Bertz CT molecular complexity index is 598. The van der Waals surface area contributed by atoms with Crippen LogP contribution in [-0.2, 0) is 0 Å². The van der Waals surface area contributed by atoms with Crippen LogP contribution in [0.25, 0.3) is 0 Å². The summed E-state index contributed by atoms with van der Waals surface area (Å²) in [7, 11) is 3.91. The first-order valence-electron chi connectivity index (χ1n) is 7.44. The van der Waals surface area contributed by atoms with Crippen molar-refractivity contribution in [3.8, 4) is 5.75 Å². The van der Waals surface area contributed by atoms with Gasteiger partial charge in [-0.15, -0.1) is 0 Å². The van der Waals surface area contributed by atoms with Crippen molar-refractivity contribution < 1.29 is 27.1 Å². The summed E-state index contributed by atoms with van der Waals surface area (Å²) in [5.41, 5.74) is -0.450. The van der Waals surface area contributed by atoms with E-state index in [-0.39, 0.29) is 6.04 Å². The Morgan fingerprint density at radius 2 is 1.96 bits per heavy atom. The van der Waals surface area contributed by atoms with E-state index in [2.05, 4.69) is 20.3 Å². The fourth-order valence-corrected chi connectivity index (χ4v) is 2.71. The molecule has 1 aliphatic carbocycles. The maximum atomic E-state index is 13.8. The van der Waals surface area contributed by atoms with Gasteiger partial charge in [0.05, 0.1) is 5.69 Å². The van der Waals surface area contributed by atoms with Gasteiger partial charge in [0.15, 0.2) is 17.4 Å². The highest BCUT2D eigenvalue weighted by Gasteiger charge is 2.27. The van der Waals surface area contributed by atoms with Crippen molar-refractivity contribution in [2.75, 3.05) is 19.4 Å². The zero-order valence-corrected chi connectivity index (χ0v) is 13.3. The van der Waals surface area contributed by atoms with E-state index in [0.717, 1.165) is 19.3 Å². The fourth-order valence-electron chi connectivity index (χ4n) is 2.71. The van der Waals surface area contributed by atoms with Crippen LogP contribution in [0.3, 0.4) is 0 Å². The van der Waals surface area contributed by atoms with Crippen molar-refractivity contribution in [2.45, 2.75) is 38.0 Å². The first-order valence-corrected chi connectivity index (χ1v) is 7.44. The first-order chi connectivity index (χ1) is 11.3. The van der Waals surface area contributed by atoms with E-state index in [0.29, 0.717) is 18.2 Å². The number of halogens is 4. The lowest BCUT2D eigenvalue weighted by Crippen LogP contribution is -2.38. The number of nitrogens with zero attached hydrogens (tertiary/aromatic N) is 1. The highest BCUT2D eigenvalue weighted by Crippen LogP contribution is 2.27. The van der Waals surface area contributed by atoms with E-state index < -0.39 is 35.7 Å². The number of amides is 2. The van der Waals surface area contributed by atoms with E-state index in [1.165, 1.54) is 0 Å². The topological polar surface area (TPSA) is 53.6 Å². The molecule has 24 heavy (non-hydrogen) atoms. The van der Waals surface area contributed by atoms with E-state index in [1.807, 2.05) is 14.1 Å². The van der Waals surface area contributed by atoms with Crippen LogP contribution < -0.4 is 15.4 Å². The van der Waals surface area contributed by atoms with Crippen molar-refractivity contribution in [1.82, 2.24) is 10.2 Å². The van der Waals surface area contributed by atoms with Crippen LogP contribution in [0.5, 0.6) is 5.75 Å². The van der Waals surface area contributed by atoms with Crippen molar-refractivity contribution in [3.05, 3.63) is 23.8 Å². The van der Waals surface area contributed by atoms with Crippen LogP contribution in [0.4, 0.5) is 28.0 Å². The maximum Gasteiger partial charge on any atom is 0.387 e. The maximum absolute atomic E-state index is 13.8. The standard InChI is InChI=1S/C15H19F4N3O2/c1-22(2)9-4-3-8(5-9)20-15(23)21-12-6-11(17)13(7-10(12)16)24-14(18)19/h6-9,14H,3-5H2,1-2H3,(H2,20,21,23)/t8-,9+/m1/s1. The highest BCUT2D eigenvalue weighted by molar-refractivity contribution is 5.89. The van der Waals surface area contributed by atoms with E-state index in [1.54, 1.807) is 0 Å². The molecule has 0 aromatic heterocycles. The monoisotopic (exact) mass is 349 g/mol. The van der Waals surface area contributed by atoms with Crippen LogP contribution in [0.2, 0.25) is 0 Å². The molecule has 0 bridgehead atoms. The number of rotatable bonds is 5. The third-order valence-electron chi connectivity index (χ3n) is 3.96. The molecule has 1 saturated carbocycles. The van der Waals surface area contributed by atoms with Crippen molar-refractivity contribution >= 4 is 11.7 Å². The Morgan fingerprint density at radius 3 is 2.54 bits per heavy atom. The summed E-state index contributed by atoms with van der Waals surface area (Å²) in [6.07, 6.45) is 2.48. The Kier molecular flexibility index (Phi) is 5.87. The van der Waals surface area contributed by atoms with E-state index >= 15 is 0 Å². The summed E-state index contributed by atoms with van der Waals surface area (Å²) < 4.78 is 55.3. The highest BCUT2D eigenvalue weighted by atomic mass is 19.3. The molecule has 1 aliphatic rings. The van der Waals surface area contributed by atoms with Gasteiger partial charge in [-0.2, -0.15) is 8.78 Å². The van der Waals surface area contributed by atoms with E-state index in [9.17, 15) is 22.4 Å². The number of carbonyl (C=O) groups is 1. The van der Waals surface area contributed by atoms with Crippen LogP contribution in [0, 0.1) is 11.6 Å². The third kappa shape index (κ3) is 4.73. The van der Waals surface area contributed by atoms with E-state index in [4.69, 9.17) is 0 Å². The van der Waals surface area contributed by atoms with Gasteiger partial charge in [0.2, 0.25) is 0 Å². The zero-order chi connectivity index (χ0) is 17.9. The number of ether oxygens (including phenoxy) is 1. The third-order valence-corrected chi connectivity index (χ3v) is 3.96. The minimum Gasteiger partial charge on any atom is -0.432 e. The Hall–Kier alpha value is -2.03. The molecular formula is C15H19F4N3O2. The number of hydrogen-bond donors (Lipinski definition) is 2. The van der Waals surface area contributed by atoms with Gasteiger partial charge in [-0.25, -0.2) is 13.6 Å². The van der Waals surface area contributed by atoms with Gasteiger partial charge in [0.1, 0.15) is 0 Å². The van der Waals surface area contributed by atoms with Gasteiger partial charge in [-0.1, -0.05) is 0 Å². The molecule has 0 radical (unpaired) electrons. The average molecular weight is 349 g/mol. The molecule has 0 aliphatic heterocycles. The second-order valence-corrected chi connectivity index (χ2v) is 5.87. The number of benzene rings is 1. The molecule has 0 heterocycles. The quantitative estimate of drug-likeness (QED) is 0.803. The second-order valence-electron chi connectivity index (χ2n) is 5.87. The molecule has 2 amide bonds. The molecule has 1 fully saturated rings. The zero-order valence-electron chi connectivity index (χ0n) is 13.3. The summed E-state index contributed by atoms with van der Waals surface area (Å²) in [6.45, 7) is -3.27. The molecular weight excluding hydrogens is 330 g/mol. The Balaban J connectivity index is 1.96. The minimum atomic E-state index is -3.27. The van der Waals surface area contributed by atoms with Gasteiger partial charge in [-0.3, -0.25) is 0 Å². The molecule has 9 heteroatoms. The first kappa shape index (κ1) is 18.3. The average Bonchev–Trinajstić information content (AvgIpc) is 2.92. The second kappa shape index (κ2) is 7.69. The lowest BCUT2D eigenvalue weighted by molar-refractivity contribution is -0.0523. The lowest BCUT2D eigenvalue weighted by atomic mass is 10.2. The molecule has 0 spiro atoms. The smallest absolute Gasteiger partial charge is 0.387 e. The predicted octanol–water partition coefficient (Wildman–Crippen LogP) is 3.17. The summed E-state index contributed by atoms with van der Waals surface area (Å²) in [6, 6.07) is 0.681. The van der Waals surface area contributed by atoms with Crippen molar-refractivity contribution in [2.24, 2.45) is 0 Å². The number of nitrogens with one attached hydrogen (secondary N) is 2. The van der Waals surface area contributed by atoms with Gasteiger partial charge < -0.3 is 20.3 Å². The predicted molar refractivity (Wildman–Crippen MR) is 80.3 cm³/mol. The summed E-state index contributed by atoms with van der Waals surface area (Å²) >= 11 is 0. The lowest BCUT2D eigenvalue weighted by Gasteiger charge is -2.19. The van der Waals surface area contributed by atoms with Crippen molar-refractivity contribution in [1.29, 1.82) is 0 Å². The molecule has 2 atom stereocenters. The molecule has 134 valence electrons. The molecule has 5 nitrogen and oxygen atoms in total. The fraction of sp³-hybridized carbons (Fsp3) is 0.533. The normalized spacial score (nSPS) is 20.5. The van der Waals surface area contributed by atoms with Gasteiger partial charge in [0.25, 0.3) is 0 Å². The van der Waals surface area contributed by atoms with Gasteiger partial charge in [-0.05, 0) is 33.4 Å². The van der Waals surface area contributed by atoms with Crippen LogP contribution >= 0.6 is 0 Å². The Labute approximate surface area is 137 Å². The van der Waals surface area contributed by atoms with Crippen molar-refractivity contribution in [3.63, 3.8) is 0 Å². The number of anilines is 1. The SMILES string of the molecule is CN(C)[C@H]1CC[C@@H](NC(=O)Nc2cc(F)c(OC(F)F)cc2F)C1.